The summed E-state index contributed by atoms with van der Waals surface area (Å²) < 4.78 is 5.46. The standard InChI is InChI=1S/C51H97NO5/c1-3-5-7-9-11-13-14-15-22-25-29-33-37-41-45-51(56)57-46-42-38-34-30-26-23-20-18-16-17-19-21-24-28-32-36-40-44-50(55)52-48(47-53)49(54)43-39-35-31-27-12-10-8-6-4-2/h16,18,39,43,48-49,53-54H,3-15,17,19-38,40-42,44-47H2,1-2H3,(H,52,55)/b18-16-,43-39+. The van der Waals surface area contributed by atoms with E-state index in [-0.39, 0.29) is 18.5 Å². The molecule has 0 aliphatic heterocycles. The first kappa shape index (κ1) is 55.3. The third-order valence-corrected chi connectivity index (χ3v) is 11.5. The van der Waals surface area contributed by atoms with Crippen LogP contribution in [-0.2, 0) is 14.3 Å². The molecule has 0 spiro atoms. The Morgan fingerprint density at radius 1 is 0.474 bits per heavy atom. The summed E-state index contributed by atoms with van der Waals surface area (Å²) in [5, 5.41) is 22.9. The fourth-order valence-electron chi connectivity index (χ4n) is 7.57. The molecule has 0 bridgehead atoms. The first-order valence-electron chi connectivity index (χ1n) is 25.1. The van der Waals surface area contributed by atoms with E-state index >= 15 is 0 Å². The van der Waals surface area contributed by atoms with Crippen molar-refractivity contribution >= 4 is 11.9 Å². The number of carbonyl (C=O) groups is 2. The van der Waals surface area contributed by atoms with Gasteiger partial charge in [0.2, 0.25) is 5.91 Å². The first-order valence-corrected chi connectivity index (χ1v) is 25.1. The minimum Gasteiger partial charge on any atom is -0.466 e. The van der Waals surface area contributed by atoms with Crippen molar-refractivity contribution in [2.75, 3.05) is 13.2 Å². The van der Waals surface area contributed by atoms with Crippen LogP contribution in [0.3, 0.4) is 0 Å². The summed E-state index contributed by atoms with van der Waals surface area (Å²) in [6, 6.07) is -0.634. The highest BCUT2D eigenvalue weighted by atomic mass is 16.5. The highest BCUT2D eigenvalue weighted by molar-refractivity contribution is 5.76. The topological polar surface area (TPSA) is 95.9 Å². The number of esters is 1. The summed E-state index contributed by atoms with van der Waals surface area (Å²) in [5.41, 5.74) is 0. The summed E-state index contributed by atoms with van der Waals surface area (Å²) in [5.74, 6) is -0.0843. The van der Waals surface area contributed by atoms with Gasteiger partial charge in [0.05, 0.1) is 25.4 Å². The predicted octanol–water partition coefficient (Wildman–Crippen LogP) is 14.7. The fourth-order valence-corrected chi connectivity index (χ4v) is 7.57. The van der Waals surface area contributed by atoms with Crippen LogP contribution in [0, 0.1) is 0 Å². The van der Waals surface area contributed by atoms with Crippen molar-refractivity contribution in [2.45, 2.75) is 276 Å². The van der Waals surface area contributed by atoms with Gasteiger partial charge >= 0.3 is 5.97 Å². The molecule has 0 saturated heterocycles. The first-order chi connectivity index (χ1) is 28.0. The molecule has 2 unspecified atom stereocenters. The number of aliphatic hydroxyl groups excluding tert-OH is 2. The van der Waals surface area contributed by atoms with E-state index in [1.54, 1.807) is 6.08 Å². The van der Waals surface area contributed by atoms with Gasteiger partial charge in [0, 0.05) is 12.8 Å². The lowest BCUT2D eigenvalue weighted by molar-refractivity contribution is -0.143. The normalized spacial score (nSPS) is 12.8. The average Bonchev–Trinajstić information content (AvgIpc) is 3.21. The van der Waals surface area contributed by atoms with Crippen molar-refractivity contribution in [3.63, 3.8) is 0 Å². The number of hydrogen-bond acceptors (Lipinski definition) is 5. The zero-order valence-electron chi connectivity index (χ0n) is 38.1. The zero-order valence-corrected chi connectivity index (χ0v) is 38.1. The summed E-state index contributed by atoms with van der Waals surface area (Å²) in [6.45, 7) is 4.85. The molecule has 0 aliphatic rings. The van der Waals surface area contributed by atoms with Crippen molar-refractivity contribution in [3.05, 3.63) is 24.3 Å². The van der Waals surface area contributed by atoms with E-state index < -0.39 is 12.1 Å². The number of hydrogen-bond donors (Lipinski definition) is 3. The molecule has 0 rings (SSSR count). The SMILES string of the molecule is CCCCCCCCC/C=C/C(O)C(CO)NC(=O)CCCCCCCCC/C=C\CCCCCCCCOC(=O)CCCCCCCCCCCCCCCC. The van der Waals surface area contributed by atoms with Crippen LogP contribution in [0.15, 0.2) is 24.3 Å². The number of amides is 1. The third-order valence-electron chi connectivity index (χ3n) is 11.5. The minimum atomic E-state index is -0.849. The molecule has 6 nitrogen and oxygen atoms in total. The number of nitrogens with one attached hydrogen (secondary N) is 1. The van der Waals surface area contributed by atoms with Gasteiger partial charge in [0.15, 0.2) is 0 Å². The smallest absolute Gasteiger partial charge is 0.305 e. The van der Waals surface area contributed by atoms with E-state index in [0.29, 0.717) is 19.4 Å². The van der Waals surface area contributed by atoms with Crippen LogP contribution in [0.5, 0.6) is 0 Å². The molecule has 3 N–H and O–H groups in total. The minimum absolute atomic E-state index is 0.00124. The van der Waals surface area contributed by atoms with Gasteiger partial charge < -0.3 is 20.3 Å². The van der Waals surface area contributed by atoms with Gasteiger partial charge in [-0.1, -0.05) is 218 Å². The quantitative estimate of drug-likeness (QED) is 0.0324. The van der Waals surface area contributed by atoms with E-state index in [0.717, 1.165) is 57.8 Å². The van der Waals surface area contributed by atoms with Gasteiger partial charge in [-0.2, -0.15) is 0 Å². The molecule has 1 amide bonds. The zero-order chi connectivity index (χ0) is 41.5. The molecule has 0 saturated carbocycles. The van der Waals surface area contributed by atoms with Crippen molar-refractivity contribution in [3.8, 4) is 0 Å². The Kier molecular flexibility index (Phi) is 45.7. The maximum atomic E-state index is 12.3. The molecule has 0 aromatic rings. The van der Waals surface area contributed by atoms with Gasteiger partial charge in [-0.3, -0.25) is 9.59 Å². The van der Waals surface area contributed by atoms with Crippen LogP contribution < -0.4 is 5.32 Å². The van der Waals surface area contributed by atoms with Gasteiger partial charge in [-0.15, -0.1) is 0 Å². The predicted molar refractivity (Wildman–Crippen MR) is 246 cm³/mol. The summed E-state index contributed by atoms with van der Waals surface area (Å²) in [6.07, 6.45) is 54.7. The molecule has 0 aromatic heterocycles. The number of unbranched alkanes of at least 4 members (excludes halogenated alkanes) is 33. The van der Waals surface area contributed by atoms with Crippen LogP contribution in [0.1, 0.15) is 264 Å². The van der Waals surface area contributed by atoms with Crippen LogP contribution in [0.25, 0.3) is 0 Å². The van der Waals surface area contributed by atoms with Crippen molar-refractivity contribution < 1.29 is 24.5 Å². The van der Waals surface area contributed by atoms with Crippen LogP contribution in [0.4, 0.5) is 0 Å². The lowest BCUT2D eigenvalue weighted by atomic mass is 10.0. The van der Waals surface area contributed by atoms with E-state index in [9.17, 15) is 19.8 Å². The largest absolute Gasteiger partial charge is 0.466 e. The Morgan fingerprint density at radius 2 is 0.825 bits per heavy atom. The van der Waals surface area contributed by atoms with Gasteiger partial charge in [-0.05, 0) is 57.8 Å². The monoisotopic (exact) mass is 804 g/mol. The number of rotatable bonds is 46. The summed E-state index contributed by atoms with van der Waals surface area (Å²) in [4.78, 5) is 24.4. The van der Waals surface area contributed by atoms with Gasteiger partial charge in [0.1, 0.15) is 0 Å². The number of aliphatic hydroxyl groups is 2. The second-order valence-corrected chi connectivity index (χ2v) is 17.1. The Labute approximate surface area is 354 Å². The summed E-state index contributed by atoms with van der Waals surface area (Å²) in [7, 11) is 0. The van der Waals surface area contributed by atoms with E-state index in [4.69, 9.17) is 4.74 Å². The third kappa shape index (κ3) is 43.7. The Hall–Kier alpha value is -1.66. The molecule has 57 heavy (non-hydrogen) atoms. The number of ether oxygens (including phenoxy) is 1. The maximum absolute atomic E-state index is 12.3. The van der Waals surface area contributed by atoms with Crippen LogP contribution >= 0.6 is 0 Å². The van der Waals surface area contributed by atoms with Gasteiger partial charge in [0.25, 0.3) is 0 Å². The second-order valence-electron chi connectivity index (χ2n) is 17.1. The maximum Gasteiger partial charge on any atom is 0.305 e. The van der Waals surface area contributed by atoms with Crippen LogP contribution in [0.2, 0.25) is 0 Å². The molecular formula is C51H97NO5. The van der Waals surface area contributed by atoms with Crippen molar-refractivity contribution in [2.24, 2.45) is 0 Å². The highest BCUT2D eigenvalue weighted by Crippen LogP contribution is 2.15. The van der Waals surface area contributed by atoms with E-state index in [1.807, 2.05) is 6.08 Å². The molecule has 0 heterocycles. The Bertz CT molecular complexity index is 889. The Balaban J connectivity index is 3.45. The van der Waals surface area contributed by atoms with E-state index in [1.165, 1.54) is 180 Å². The van der Waals surface area contributed by atoms with Crippen molar-refractivity contribution in [1.29, 1.82) is 0 Å². The fraction of sp³-hybridized carbons (Fsp3) is 0.882. The van der Waals surface area contributed by atoms with Gasteiger partial charge in [-0.25, -0.2) is 0 Å². The van der Waals surface area contributed by atoms with E-state index in [2.05, 4.69) is 31.3 Å². The average molecular weight is 804 g/mol. The Morgan fingerprint density at radius 3 is 1.25 bits per heavy atom. The lowest BCUT2D eigenvalue weighted by Crippen LogP contribution is -2.45. The second kappa shape index (κ2) is 47.0. The van der Waals surface area contributed by atoms with Crippen molar-refractivity contribution in [1.82, 2.24) is 5.32 Å². The molecule has 0 fully saturated rings. The molecule has 0 aliphatic carbocycles. The van der Waals surface area contributed by atoms with Crippen LogP contribution in [-0.4, -0.2) is 47.4 Å². The molecule has 0 aromatic carbocycles. The molecule has 6 heteroatoms. The molecular weight excluding hydrogens is 707 g/mol. The molecule has 0 radical (unpaired) electrons. The number of allylic oxidation sites excluding steroid dienone is 3. The number of carbonyl (C=O) groups excluding carboxylic acids is 2. The molecule has 336 valence electrons. The summed E-state index contributed by atoms with van der Waals surface area (Å²) >= 11 is 0. The molecule has 2 atom stereocenters. The lowest BCUT2D eigenvalue weighted by Gasteiger charge is -2.20. The highest BCUT2D eigenvalue weighted by Gasteiger charge is 2.18.